The zero-order valence-corrected chi connectivity index (χ0v) is 12.3. The average molecular weight is 295 g/mol. The van der Waals surface area contributed by atoms with E-state index in [1.54, 1.807) is 6.92 Å². The Kier molecular flexibility index (Phi) is 4.46. The summed E-state index contributed by atoms with van der Waals surface area (Å²) in [7, 11) is 0. The van der Waals surface area contributed by atoms with E-state index in [-0.39, 0.29) is 55.3 Å². The summed E-state index contributed by atoms with van der Waals surface area (Å²) in [5.74, 6) is -0.390. The van der Waals surface area contributed by atoms with Crippen molar-refractivity contribution >= 4 is 17.6 Å². The number of hydrogen-bond donors (Lipinski definition) is 2. The molecule has 2 N–H and O–H groups in total. The van der Waals surface area contributed by atoms with Gasteiger partial charge in [0.25, 0.3) is 0 Å². The van der Waals surface area contributed by atoms with Crippen molar-refractivity contribution in [3.8, 4) is 0 Å². The van der Waals surface area contributed by atoms with E-state index >= 15 is 0 Å². The normalized spacial score (nSPS) is 32.1. The van der Waals surface area contributed by atoms with Crippen molar-refractivity contribution in [1.82, 2.24) is 5.32 Å². The molecule has 0 aromatic carbocycles. The zero-order chi connectivity index (χ0) is 15.6. The van der Waals surface area contributed by atoms with Crippen molar-refractivity contribution in [3.63, 3.8) is 0 Å². The Hall–Kier alpha value is -1.69. The van der Waals surface area contributed by atoms with Gasteiger partial charge in [0.15, 0.2) is 5.78 Å². The van der Waals surface area contributed by atoms with Crippen LogP contribution < -0.4 is 5.32 Å². The summed E-state index contributed by atoms with van der Waals surface area (Å²) in [5, 5.41) is 11.5. The number of ether oxygens (including phenoxy) is 1. The number of rotatable bonds is 4. The summed E-state index contributed by atoms with van der Waals surface area (Å²) >= 11 is 0. The van der Waals surface area contributed by atoms with Crippen molar-refractivity contribution in [3.05, 3.63) is 11.8 Å². The standard InChI is InChI=1S/C15H21NO5/c1-9-7-15(2,8-17)21-12(9)6-11(18)3-10-4-13(19)16-14(20)5-10/h6,9-10,17H,3-5,7-8H2,1-2H3,(H,16,19,20)/b12-6-/t9-,15-/m1/s1. The van der Waals surface area contributed by atoms with Crippen LogP contribution >= 0.6 is 0 Å². The number of piperidine rings is 1. The molecule has 2 fully saturated rings. The van der Waals surface area contributed by atoms with Gasteiger partial charge in [0, 0.05) is 31.3 Å². The molecule has 0 saturated carbocycles. The second-order valence-corrected chi connectivity index (χ2v) is 6.28. The fraction of sp³-hybridized carbons (Fsp3) is 0.667. The number of hydrogen-bond acceptors (Lipinski definition) is 5. The Labute approximate surface area is 123 Å². The van der Waals surface area contributed by atoms with Gasteiger partial charge in [-0.2, -0.15) is 0 Å². The highest BCUT2D eigenvalue weighted by Crippen LogP contribution is 2.37. The monoisotopic (exact) mass is 295 g/mol. The summed E-state index contributed by atoms with van der Waals surface area (Å²) in [6.07, 6.45) is 2.67. The van der Waals surface area contributed by atoms with Crippen LogP contribution in [-0.4, -0.2) is 34.9 Å². The number of aliphatic hydroxyl groups is 1. The molecule has 6 heteroatoms. The van der Waals surface area contributed by atoms with Crippen LogP contribution in [0.4, 0.5) is 0 Å². The van der Waals surface area contributed by atoms with E-state index in [2.05, 4.69) is 5.32 Å². The van der Waals surface area contributed by atoms with Crippen molar-refractivity contribution in [2.24, 2.45) is 11.8 Å². The second kappa shape index (κ2) is 5.97. The SMILES string of the molecule is C[C@@H]1C[C@](C)(CO)O/C1=C\C(=O)CC1CC(=O)NC(=O)C1. The van der Waals surface area contributed by atoms with Gasteiger partial charge in [-0.25, -0.2) is 0 Å². The molecule has 2 saturated heterocycles. The van der Waals surface area contributed by atoms with Crippen molar-refractivity contribution in [1.29, 1.82) is 0 Å². The predicted molar refractivity (Wildman–Crippen MR) is 73.9 cm³/mol. The van der Waals surface area contributed by atoms with Gasteiger partial charge in [-0.05, 0) is 19.3 Å². The third-order valence-electron chi connectivity index (χ3n) is 3.94. The van der Waals surface area contributed by atoms with E-state index in [1.165, 1.54) is 6.08 Å². The van der Waals surface area contributed by atoms with Gasteiger partial charge in [0.05, 0.1) is 6.61 Å². The Morgan fingerprint density at radius 1 is 1.43 bits per heavy atom. The van der Waals surface area contributed by atoms with Crippen LogP contribution in [0.5, 0.6) is 0 Å². The topological polar surface area (TPSA) is 92.7 Å². The molecule has 2 rings (SSSR count). The molecule has 0 aliphatic carbocycles. The lowest BCUT2D eigenvalue weighted by Crippen LogP contribution is -2.39. The maximum Gasteiger partial charge on any atom is 0.226 e. The minimum absolute atomic E-state index is 0.0717. The van der Waals surface area contributed by atoms with Crippen molar-refractivity contribution < 1.29 is 24.2 Å². The van der Waals surface area contributed by atoms with E-state index in [4.69, 9.17) is 4.74 Å². The summed E-state index contributed by atoms with van der Waals surface area (Å²) in [5.41, 5.74) is -0.633. The molecule has 116 valence electrons. The molecule has 21 heavy (non-hydrogen) atoms. The molecular weight excluding hydrogens is 274 g/mol. The second-order valence-electron chi connectivity index (χ2n) is 6.28. The van der Waals surface area contributed by atoms with Crippen molar-refractivity contribution in [2.75, 3.05) is 6.61 Å². The predicted octanol–water partition coefficient (Wildman–Crippen LogP) is 0.690. The number of aliphatic hydroxyl groups excluding tert-OH is 1. The molecule has 0 aromatic heterocycles. The van der Waals surface area contributed by atoms with Crippen LogP contribution in [-0.2, 0) is 19.1 Å². The summed E-state index contributed by atoms with van der Waals surface area (Å²) in [6.45, 7) is 3.65. The molecule has 6 nitrogen and oxygen atoms in total. The van der Waals surface area contributed by atoms with E-state index in [9.17, 15) is 19.5 Å². The van der Waals surface area contributed by atoms with Gasteiger partial charge in [-0.1, -0.05) is 6.92 Å². The van der Waals surface area contributed by atoms with Crippen LogP contribution in [0.3, 0.4) is 0 Å². The Morgan fingerprint density at radius 2 is 2.05 bits per heavy atom. The molecule has 2 heterocycles. The fourth-order valence-electron chi connectivity index (χ4n) is 2.94. The van der Waals surface area contributed by atoms with Gasteiger partial charge in [0.1, 0.15) is 11.4 Å². The van der Waals surface area contributed by atoms with Gasteiger partial charge in [-0.15, -0.1) is 0 Å². The van der Waals surface area contributed by atoms with Gasteiger partial charge >= 0.3 is 0 Å². The minimum atomic E-state index is -0.633. The quantitative estimate of drug-likeness (QED) is 0.588. The maximum absolute atomic E-state index is 12.1. The van der Waals surface area contributed by atoms with Crippen molar-refractivity contribution in [2.45, 2.75) is 45.1 Å². The molecule has 0 radical (unpaired) electrons. The smallest absolute Gasteiger partial charge is 0.226 e. The Bertz CT molecular complexity index is 482. The number of allylic oxidation sites excluding steroid dienone is 2. The third kappa shape index (κ3) is 3.91. The maximum atomic E-state index is 12.1. The first-order chi connectivity index (χ1) is 9.81. The summed E-state index contributed by atoms with van der Waals surface area (Å²) in [4.78, 5) is 34.6. The lowest BCUT2D eigenvalue weighted by Gasteiger charge is -2.21. The number of carbonyl (C=O) groups is 3. The van der Waals surface area contributed by atoms with Crippen LogP contribution in [0.1, 0.15) is 39.5 Å². The number of amides is 2. The Balaban J connectivity index is 1.96. The molecule has 0 aromatic rings. The van der Waals surface area contributed by atoms with Gasteiger partial charge < -0.3 is 9.84 Å². The zero-order valence-electron chi connectivity index (χ0n) is 12.3. The molecule has 0 unspecified atom stereocenters. The first kappa shape index (κ1) is 15.7. The van der Waals surface area contributed by atoms with Crippen LogP contribution in [0.15, 0.2) is 11.8 Å². The average Bonchev–Trinajstić information content (AvgIpc) is 2.63. The highest BCUT2D eigenvalue weighted by Gasteiger charge is 2.38. The first-order valence-electron chi connectivity index (χ1n) is 7.18. The fourth-order valence-corrected chi connectivity index (χ4v) is 2.94. The summed E-state index contributed by atoms with van der Waals surface area (Å²) in [6, 6.07) is 0. The van der Waals surface area contributed by atoms with Crippen LogP contribution in [0.25, 0.3) is 0 Å². The largest absolute Gasteiger partial charge is 0.489 e. The highest BCUT2D eigenvalue weighted by atomic mass is 16.5. The summed E-state index contributed by atoms with van der Waals surface area (Å²) < 4.78 is 5.66. The van der Waals surface area contributed by atoms with Crippen LogP contribution in [0.2, 0.25) is 0 Å². The van der Waals surface area contributed by atoms with Gasteiger partial charge in [0.2, 0.25) is 11.8 Å². The minimum Gasteiger partial charge on any atom is -0.489 e. The first-order valence-corrected chi connectivity index (χ1v) is 7.18. The number of nitrogens with one attached hydrogen (secondary N) is 1. The van der Waals surface area contributed by atoms with E-state index in [1.807, 2.05) is 6.92 Å². The number of carbonyl (C=O) groups excluding carboxylic acids is 3. The lowest BCUT2D eigenvalue weighted by atomic mass is 9.91. The molecule has 0 bridgehead atoms. The third-order valence-corrected chi connectivity index (χ3v) is 3.94. The lowest BCUT2D eigenvalue weighted by molar-refractivity contribution is -0.135. The molecule has 2 amide bonds. The van der Waals surface area contributed by atoms with E-state index < -0.39 is 5.60 Å². The van der Waals surface area contributed by atoms with Crippen LogP contribution in [0, 0.1) is 11.8 Å². The molecule has 0 spiro atoms. The number of ketones is 1. The van der Waals surface area contributed by atoms with E-state index in [0.717, 1.165) is 0 Å². The van der Waals surface area contributed by atoms with Gasteiger partial charge in [-0.3, -0.25) is 19.7 Å². The highest BCUT2D eigenvalue weighted by molar-refractivity contribution is 5.99. The Morgan fingerprint density at radius 3 is 2.57 bits per heavy atom. The molecule has 2 atom stereocenters. The molecule has 2 aliphatic rings. The molecular formula is C15H21NO5. The number of imide groups is 1. The van der Waals surface area contributed by atoms with E-state index in [0.29, 0.717) is 12.2 Å². The molecule has 2 aliphatic heterocycles.